The Morgan fingerprint density at radius 2 is 1.86 bits per heavy atom. The van der Waals surface area contributed by atoms with Crippen LogP contribution in [-0.4, -0.2) is 24.8 Å². The van der Waals surface area contributed by atoms with E-state index in [-0.39, 0.29) is 11.3 Å². The van der Waals surface area contributed by atoms with Crippen molar-refractivity contribution in [2.45, 2.75) is 44.1 Å². The van der Waals surface area contributed by atoms with Gasteiger partial charge in [0.05, 0.1) is 5.75 Å². The maximum absolute atomic E-state index is 12.1. The predicted octanol–water partition coefficient (Wildman–Crippen LogP) is 1.97. The second-order valence-corrected chi connectivity index (χ2v) is 8.74. The van der Waals surface area contributed by atoms with Crippen LogP contribution in [0.3, 0.4) is 0 Å². The van der Waals surface area contributed by atoms with Gasteiger partial charge >= 0.3 is 0 Å². The third-order valence-corrected chi connectivity index (χ3v) is 7.31. The summed E-state index contributed by atoms with van der Waals surface area (Å²) in [5, 5.41) is 9.72. The summed E-state index contributed by atoms with van der Waals surface area (Å²) in [6.45, 7) is 0. The van der Waals surface area contributed by atoms with Crippen molar-refractivity contribution in [2.24, 2.45) is 11.8 Å². The lowest BCUT2D eigenvalue weighted by Crippen LogP contribution is -2.58. The lowest BCUT2D eigenvalue weighted by molar-refractivity contribution is 0.196. The van der Waals surface area contributed by atoms with Crippen molar-refractivity contribution in [3.8, 4) is 5.75 Å². The second-order valence-electron chi connectivity index (χ2n) is 6.90. The van der Waals surface area contributed by atoms with Gasteiger partial charge in [-0.05, 0) is 73.6 Å². The standard InChI is InChI=1S/C16H21NO3S/c18-15-5-2-11-8-13-3-4-14(9-12(11)10-15)16(13)6-1-7-21(19,20)17-16/h2,5,10,13-14,17-18H,1,3-4,6-9H2/t13-,14+,16+/m0/s1. The van der Waals surface area contributed by atoms with E-state index in [1.807, 2.05) is 12.1 Å². The maximum Gasteiger partial charge on any atom is 0.212 e. The molecular weight excluding hydrogens is 286 g/mol. The number of sulfonamides is 1. The van der Waals surface area contributed by atoms with Crippen LogP contribution in [0, 0.1) is 11.8 Å². The first-order valence-corrected chi connectivity index (χ1v) is 9.46. The highest BCUT2D eigenvalue weighted by atomic mass is 32.2. The number of rotatable bonds is 0. The van der Waals surface area contributed by atoms with Gasteiger partial charge < -0.3 is 5.11 Å². The smallest absolute Gasteiger partial charge is 0.212 e. The van der Waals surface area contributed by atoms with Crippen molar-refractivity contribution in [1.29, 1.82) is 0 Å². The Bertz CT molecular complexity index is 685. The zero-order valence-corrected chi connectivity index (χ0v) is 12.8. The van der Waals surface area contributed by atoms with Crippen LogP contribution >= 0.6 is 0 Å². The number of hydrogen-bond acceptors (Lipinski definition) is 3. The van der Waals surface area contributed by atoms with E-state index in [1.165, 1.54) is 11.1 Å². The van der Waals surface area contributed by atoms with Gasteiger partial charge in [0.25, 0.3) is 0 Å². The molecule has 3 atom stereocenters. The summed E-state index contributed by atoms with van der Waals surface area (Å²) in [6, 6.07) is 5.62. The van der Waals surface area contributed by atoms with Gasteiger partial charge in [-0.2, -0.15) is 0 Å². The van der Waals surface area contributed by atoms with Crippen molar-refractivity contribution in [3.05, 3.63) is 29.3 Å². The van der Waals surface area contributed by atoms with Crippen molar-refractivity contribution in [2.75, 3.05) is 5.75 Å². The Kier molecular flexibility index (Phi) is 2.89. The Labute approximate surface area is 125 Å². The number of benzene rings is 1. The van der Waals surface area contributed by atoms with E-state index < -0.39 is 10.0 Å². The fourth-order valence-electron chi connectivity index (χ4n) is 4.87. The summed E-state index contributed by atoms with van der Waals surface area (Å²) >= 11 is 0. The average Bonchev–Trinajstić information content (AvgIpc) is 2.61. The van der Waals surface area contributed by atoms with E-state index in [0.29, 0.717) is 17.6 Å². The maximum atomic E-state index is 12.1. The Hall–Kier alpha value is -1.07. The third kappa shape index (κ3) is 2.09. The normalized spacial score (nSPS) is 37.1. The molecule has 1 heterocycles. The topological polar surface area (TPSA) is 66.4 Å². The number of nitrogens with one attached hydrogen (secondary N) is 1. The molecule has 4 rings (SSSR count). The van der Waals surface area contributed by atoms with E-state index in [4.69, 9.17) is 0 Å². The molecule has 2 bridgehead atoms. The van der Waals surface area contributed by atoms with Gasteiger partial charge in [0.2, 0.25) is 10.0 Å². The molecule has 2 fully saturated rings. The molecule has 1 aromatic rings. The zero-order chi connectivity index (χ0) is 14.7. The number of phenolic OH excluding ortho intramolecular Hbond substituents is 1. The van der Waals surface area contributed by atoms with Crippen LogP contribution in [0.5, 0.6) is 5.75 Å². The Morgan fingerprint density at radius 3 is 2.57 bits per heavy atom. The molecule has 1 saturated heterocycles. The highest BCUT2D eigenvalue weighted by Crippen LogP contribution is 2.51. The van der Waals surface area contributed by atoms with Gasteiger partial charge in [0, 0.05) is 5.54 Å². The molecule has 2 aliphatic carbocycles. The molecule has 1 aromatic carbocycles. The minimum atomic E-state index is -3.13. The molecule has 0 unspecified atom stereocenters. The monoisotopic (exact) mass is 307 g/mol. The van der Waals surface area contributed by atoms with Crippen molar-refractivity contribution in [1.82, 2.24) is 4.72 Å². The predicted molar refractivity (Wildman–Crippen MR) is 80.6 cm³/mol. The van der Waals surface area contributed by atoms with Gasteiger partial charge in [-0.3, -0.25) is 0 Å². The minimum absolute atomic E-state index is 0.244. The zero-order valence-electron chi connectivity index (χ0n) is 12.0. The molecule has 1 saturated carbocycles. The molecular formula is C16H21NO3S. The largest absolute Gasteiger partial charge is 0.508 e. The second kappa shape index (κ2) is 4.46. The molecule has 5 heteroatoms. The lowest BCUT2D eigenvalue weighted by Gasteiger charge is -2.42. The molecule has 0 aromatic heterocycles. The lowest BCUT2D eigenvalue weighted by atomic mass is 9.76. The van der Waals surface area contributed by atoms with Crippen molar-refractivity contribution in [3.63, 3.8) is 0 Å². The van der Waals surface area contributed by atoms with E-state index >= 15 is 0 Å². The van der Waals surface area contributed by atoms with Crippen LogP contribution in [0.25, 0.3) is 0 Å². The average molecular weight is 307 g/mol. The number of aromatic hydroxyl groups is 1. The van der Waals surface area contributed by atoms with Crippen LogP contribution in [0.15, 0.2) is 18.2 Å². The fourth-order valence-corrected chi connectivity index (χ4v) is 6.51. The van der Waals surface area contributed by atoms with Crippen LogP contribution < -0.4 is 4.72 Å². The molecule has 0 radical (unpaired) electrons. The molecule has 0 amide bonds. The van der Waals surface area contributed by atoms with Gasteiger partial charge in [0.15, 0.2) is 0 Å². The summed E-state index contributed by atoms with van der Waals surface area (Å²) in [6.07, 6.45) is 5.72. The quantitative estimate of drug-likeness (QED) is 0.770. The molecule has 4 nitrogen and oxygen atoms in total. The number of phenols is 1. The number of hydrogen-bond donors (Lipinski definition) is 2. The highest BCUT2D eigenvalue weighted by molar-refractivity contribution is 7.89. The first-order valence-electron chi connectivity index (χ1n) is 7.81. The Morgan fingerprint density at radius 1 is 1.14 bits per heavy atom. The highest BCUT2D eigenvalue weighted by Gasteiger charge is 2.54. The third-order valence-electron chi connectivity index (χ3n) is 5.79. The van der Waals surface area contributed by atoms with Crippen LogP contribution in [0.1, 0.15) is 36.8 Å². The summed E-state index contributed by atoms with van der Waals surface area (Å²) in [5.74, 6) is 1.33. The molecule has 1 aliphatic heterocycles. The van der Waals surface area contributed by atoms with Gasteiger partial charge in [-0.15, -0.1) is 0 Å². The SMILES string of the molecule is O=S1(=O)CCC[C@]2(N1)[C@@H]1CC[C@H]2Cc2ccc(O)cc2C1. The summed E-state index contributed by atoms with van der Waals surface area (Å²) in [7, 11) is -3.13. The first-order chi connectivity index (χ1) is 9.98. The molecule has 21 heavy (non-hydrogen) atoms. The minimum Gasteiger partial charge on any atom is -0.508 e. The summed E-state index contributed by atoms with van der Waals surface area (Å²) in [4.78, 5) is 0. The van der Waals surface area contributed by atoms with Gasteiger partial charge in [-0.25, -0.2) is 13.1 Å². The molecule has 1 spiro atoms. The number of fused-ring (bicyclic) bond motifs is 1. The van der Waals surface area contributed by atoms with E-state index in [2.05, 4.69) is 4.72 Å². The fraction of sp³-hybridized carbons (Fsp3) is 0.625. The van der Waals surface area contributed by atoms with Crippen molar-refractivity contribution < 1.29 is 13.5 Å². The van der Waals surface area contributed by atoms with Crippen LogP contribution in [-0.2, 0) is 22.9 Å². The van der Waals surface area contributed by atoms with Crippen LogP contribution in [0.4, 0.5) is 0 Å². The summed E-state index contributed by atoms with van der Waals surface area (Å²) < 4.78 is 27.3. The Balaban J connectivity index is 1.77. The van der Waals surface area contributed by atoms with E-state index in [1.54, 1.807) is 6.07 Å². The van der Waals surface area contributed by atoms with E-state index in [0.717, 1.165) is 38.5 Å². The van der Waals surface area contributed by atoms with Crippen molar-refractivity contribution >= 4 is 10.0 Å². The molecule has 2 N–H and O–H groups in total. The first kappa shape index (κ1) is 13.6. The van der Waals surface area contributed by atoms with Gasteiger partial charge in [0.1, 0.15) is 5.75 Å². The van der Waals surface area contributed by atoms with Crippen LogP contribution in [0.2, 0.25) is 0 Å². The molecule has 3 aliphatic rings. The van der Waals surface area contributed by atoms with Gasteiger partial charge in [-0.1, -0.05) is 6.07 Å². The molecule has 114 valence electrons. The van der Waals surface area contributed by atoms with E-state index in [9.17, 15) is 13.5 Å². The summed E-state index contributed by atoms with van der Waals surface area (Å²) in [5.41, 5.74) is 2.24.